The van der Waals surface area contributed by atoms with Gasteiger partial charge in [-0.25, -0.2) is 8.80 Å². The van der Waals surface area contributed by atoms with Crippen LogP contribution in [-0.4, -0.2) is 33.7 Å². The van der Waals surface area contributed by atoms with Gasteiger partial charge in [0.1, 0.15) is 5.88 Å². The first kappa shape index (κ1) is 19.3. The van der Waals surface area contributed by atoms with Crippen molar-refractivity contribution in [3.05, 3.63) is 71.2 Å². The number of nitrogens with zero attached hydrogens (tertiary/aromatic N) is 2. The van der Waals surface area contributed by atoms with Crippen LogP contribution in [0.4, 0.5) is 10.0 Å². The number of benzene rings is 1. The maximum absolute atomic E-state index is 15.5. The summed E-state index contributed by atoms with van der Waals surface area (Å²) in [6, 6.07) is 11.3. The highest BCUT2D eigenvalue weighted by Gasteiger charge is 2.49. The summed E-state index contributed by atoms with van der Waals surface area (Å²) in [5, 5.41) is 2.74. The van der Waals surface area contributed by atoms with E-state index in [0.29, 0.717) is 12.1 Å². The van der Waals surface area contributed by atoms with Gasteiger partial charge in [0.05, 0.1) is 17.7 Å². The lowest BCUT2D eigenvalue weighted by atomic mass is 9.84. The van der Waals surface area contributed by atoms with Gasteiger partial charge in [0, 0.05) is 17.5 Å². The van der Waals surface area contributed by atoms with Crippen LogP contribution in [0.1, 0.15) is 31.5 Å². The molecule has 1 aromatic carbocycles. The molecule has 29 heavy (non-hydrogen) atoms. The van der Waals surface area contributed by atoms with Crippen LogP contribution in [0.25, 0.3) is 5.57 Å². The minimum absolute atomic E-state index is 0.0987. The Morgan fingerprint density at radius 2 is 2.10 bits per heavy atom. The van der Waals surface area contributed by atoms with Crippen molar-refractivity contribution >= 4 is 41.7 Å². The van der Waals surface area contributed by atoms with Crippen molar-refractivity contribution in [2.45, 2.75) is 20.3 Å². The van der Waals surface area contributed by atoms with Crippen molar-refractivity contribution in [2.75, 3.05) is 11.2 Å². The van der Waals surface area contributed by atoms with Gasteiger partial charge in [-0.1, -0.05) is 24.1 Å². The standard InChI is InChI=1S/C22H18BClFN3O/c1-3-5-18-12-7-15(2)22-21(19-6-4-13-27(19)23(25)28(18)22)16-8-10-17(11-9-16)26-20(29)14-24/h4,6-11,13H,12,14H2,1-2H3/p+1. The second-order valence-electron chi connectivity index (χ2n) is 6.88. The quantitative estimate of drug-likeness (QED) is 0.466. The van der Waals surface area contributed by atoms with E-state index in [1.807, 2.05) is 43.3 Å². The first-order valence-electron chi connectivity index (χ1n) is 9.32. The summed E-state index contributed by atoms with van der Waals surface area (Å²) in [6.45, 7) is 3.76. The molecular formula is C22H19BClFN3O+. The predicted molar refractivity (Wildman–Crippen MR) is 116 cm³/mol. The monoisotopic (exact) mass is 406 g/mol. The van der Waals surface area contributed by atoms with E-state index in [0.717, 1.165) is 33.8 Å². The number of carbonyl (C=O) groups is 1. The van der Waals surface area contributed by atoms with Gasteiger partial charge in [0.15, 0.2) is 5.70 Å². The number of amides is 1. The van der Waals surface area contributed by atoms with Crippen LogP contribution in [0, 0.1) is 11.8 Å². The SMILES string of the molecule is CC#CC1=[N+]2B(F)n3cccc3C(c3ccc(NC(=O)CCl)cc3)=C2C(C)=CC1. The normalized spacial score (nSPS) is 15.3. The Morgan fingerprint density at radius 1 is 1.34 bits per heavy atom. The molecule has 0 spiro atoms. The van der Waals surface area contributed by atoms with Gasteiger partial charge in [-0.3, -0.25) is 9.27 Å². The van der Waals surface area contributed by atoms with Gasteiger partial charge in [-0.05, 0) is 49.6 Å². The van der Waals surface area contributed by atoms with Crippen LogP contribution in [0.15, 0.2) is 59.9 Å². The Bertz CT molecular complexity index is 1150. The topological polar surface area (TPSA) is 37.0 Å². The number of alkyl halides is 1. The molecule has 1 N–H and O–H groups in total. The Morgan fingerprint density at radius 3 is 2.79 bits per heavy atom. The van der Waals surface area contributed by atoms with Crippen LogP contribution in [0.2, 0.25) is 0 Å². The maximum Gasteiger partial charge on any atom is 0.846 e. The Kier molecular flexibility index (Phi) is 5.17. The molecule has 1 aromatic heterocycles. The Labute approximate surface area is 174 Å². The molecular weight excluding hydrogens is 388 g/mol. The molecule has 0 radical (unpaired) electrons. The largest absolute Gasteiger partial charge is 0.846 e. The molecule has 2 aliphatic heterocycles. The van der Waals surface area contributed by atoms with Gasteiger partial charge < -0.3 is 5.32 Å². The molecule has 0 aliphatic carbocycles. The number of anilines is 1. The van der Waals surface area contributed by atoms with Gasteiger partial charge in [0.2, 0.25) is 11.6 Å². The number of fused-ring (bicyclic) bond motifs is 2. The third-order valence-corrected chi connectivity index (χ3v) is 5.31. The third-order valence-electron chi connectivity index (χ3n) is 5.07. The Hall–Kier alpha value is -3.04. The summed E-state index contributed by atoms with van der Waals surface area (Å²) in [5.41, 5.74) is 5.91. The molecule has 0 bridgehead atoms. The number of hydrogen-bond donors (Lipinski definition) is 1. The second-order valence-corrected chi connectivity index (χ2v) is 7.14. The smallest absolute Gasteiger partial charge is 0.325 e. The number of allylic oxidation sites excluding steroid dienone is 2. The van der Waals surface area contributed by atoms with Crippen LogP contribution in [-0.2, 0) is 4.79 Å². The highest BCUT2D eigenvalue weighted by molar-refractivity contribution is 6.43. The summed E-state index contributed by atoms with van der Waals surface area (Å²) in [7, 11) is -1.35. The lowest BCUT2D eigenvalue weighted by Crippen LogP contribution is -2.43. The lowest BCUT2D eigenvalue weighted by Gasteiger charge is -2.25. The number of carbonyl (C=O) groups excluding carboxylic acids is 1. The number of rotatable bonds is 3. The molecule has 0 atom stereocenters. The van der Waals surface area contributed by atoms with Crippen LogP contribution in [0.3, 0.4) is 0 Å². The zero-order chi connectivity index (χ0) is 20.5. The highest BCUT2D eigenvalue weighted by atomic mass is 35.5. The van der Waals surface area contributed by atoms with Crippen LogP contribution < -0.4 is 5.32 Å². The van der Waals surface area contributed by atoms with E-state index in [4.69, 9.17) is 11.6 Å². The zero-order valence-corrected chi connectivity index (χ0v) is 16.9. The molecule has 0 unspecified atom stereocenters. The van der Waals surface area contributed by atoms with Gasteiger partial charge in [-0.2, -0.15) is 0 Å². The predicted octanol–water partition coefficient (Wildman–Crippen LogP) is 4.07. The van der Waals surface area contributed by atoms with Gasteiger partial charge in [0.25, 0.3) is 0 Å². The lowest BCUT2D eigenvalue weighted by molar-refractivity contribution is -0.342. The average Bonchev–Trinajstić information content (AvgIpc) is 3.21. The van der Waals surface area contributed by atoms with Crippen LogP contribution in [0.5, 0.6) is 0 Å². The fourth-order valence-corrected chi connectivity index (χ4v) is 3.88. The van der Waals surface area contributed by atoms with Gasteiger partial charge >= 0.3 is 7.26 Å². The minimum Gasteiger partial charge on any atom is -0.325 e. The van der Waals surface area contributed by atoms with E-state index < -0.39 is 7.26 Å². The van der Waals surface area contributed by atoms with E-state index in [1.165, 1.54) is 0 Å². The van der Waals surface area contributed by atoms with Crippen molar-refractivity contribution < 1.29 is 13.6 Å². The van der Waals surface area contributed by atoms with Crippen molar-refractivity contribution in [3.8, 4) is 11.8 Å². The van der Waals surface area contributed by atoms with E-state index in [1.54, 1.807) is 22.1 Å². The molecule has 4 rings (SSSR count). The summed E-state index contributed by atoms with van der Waals surface area (Å²) in [5.74, 6) is 5.61. The van der Waals surface area contributed by atoms with E-state index >= 15 is 4.32 Å². The van der Waals surface area contributed by atoms with Crippen molar-refractivity contribution in [3.63, 3.8) is 0 Å². The summed E-state index contributed by atoms with van der Waals surface area (Å²) < 4.78 is 18.8. The first-order valence-corrected chi connectivity index (χ1v) is 9.85. The highest BCUT2D eigenvalue weighted by Crippen LogP contribution is 2.37. The van der Waals surface area contributed by atoms with E-state index in [2.05, 4.69) is 23.2 Å². The number of aromatic nitrogens is 1. The Balaban J connectivity index is 1.92. The van der Waals surface area contributed by atoms with Crippen molar-refractivity contribution in [1.29, 1.82) is 0 Å². The second kappa shape index (κ2) is 7.77. The number of nitrogens with one attached hydrogen (secondary N) is 1. The number of hydrogen-bond acceptors (Lipinski definition) is 1. The molecule has 144 valence electrons. The molecule has 7 heteroatoms. The summed E-state index contributed by atoms with van der Waals surface area (Å²) in [4.78, 5) is 11.5. The molecule has 4 nitrogen and oxygen atoms in total. The van der Waals surface area contributed by atoms with Gasteiger partial charge in [-0.15, -0.1) is 11.6 Å². The zero-order valence-electron chi connectivity index (χ0n) is 16.2. The minimum atomic E-state index is -1.35. The molecule has 3 heterocycles. The van der Waals surface area contributed by atoms with Crippen molar-refractivity contribution in [1.82, 2.24) is 4.48 Å². The first-order chi connectivity index (χ1) is 14.0. The van der Waals surface area contributed by atoms with Crippen LogP contribution >= 0.6 is 11.6 Å². The third kappa shape index (κ3) is 3.32. The maximum atomic E-state index is 15.5. The average molecular weight is 407 g/mol. The fraction of sp³-hybridized carbons (Fsp3) is 0.182. The fourth-order valence-electron chi connectivity index (χ4n) is 3.81. The molecule has 2 aliphatic rings. The summed E-state index contributed by atoms with van der Waals surface area (Å²) in [6.07, 6.45) is 4.44. The van der Waals surface area contributed by atoms with E-state index in [-0.39, 0.29) is 11.8 Å². The molecule has 0 fully saturated rings. The molecule has 0 saturated carbocycles. The molecule has 2 aromatic rings. The van der Waals surface area contributed by atoms with Crippen molar-refractivity contribution in [2.24, 2.45) is 0 Å². The number of halogens is 2. The van der Waals surface area contributed by atoms with E-state index in [9.17, 15) is 4.79 Å². The molecule has 0 saturated heterocycles. The molecule has 1 amide bonds. The summed E-state index contributed by atoms with van der Waals surface area (Å²) >= 11 is 5.56.